The molecule has 3 rings (SSSR count). The average molecular weight is 467 g/mol. The van der Waals surface area contributed by atoms with E-state index in [-0.39, 0.29) is 26.9 Å². The Balaban J connectivity index is 2.26. The lowest BCUT2D eigenvalue weighted by atomic mass is 9.88. The van der Waals surface area contributed by atoms with Crippen LogP contribution in [-0.2, 0) is 10.2 Å². The zero-order chi connectivity index (χ0) is 21.0. The molecule has 28 heavy (non-hydrogen) atoms. The molecule has 0 spiro atoms. The number of alkyl halides is 2. The number of methoxy groups -OCH3 is 1. The molecule has 0 heterocycles. The maximum Gasteiger partial charge on any atom is 0.339 e. The third-order valence-corrected chi connectivity index (χ3v) is 6.44. The Morgan fingerprint density at radius 1 is 1.18 bits per heavy atom. The molecule has 0 radical (unpaired) electrons. The van der Waals surface area contributed by atoms with E-state index < -0.39 is 33.4 Å². The Labute approximate surface area is 179 Å². The van der Waals surface area contributed by atoms with Crippen molar-refractivity contribution in [2.24, 2.45) is 5.73 Å². The number of primary amides is 1. The topological polar surface area (TPSA) is 89.6 Å². The van der Waals surface area contributed by atoms with Crippen LogP contribution in [0, 0.1) is 5.82 Å². The summed E-state index contributed by atoms with van der Waals surface area (Å²) in [6.07, 6.45) is 0. The summed E-state index contributed by atoms with van der Waals surface area (Å²) in [5, 5.41) is 9.22. The highest BCUT2D eigenvalue weighted by molar-refractivity contribution is 6.55. The van der Waals surface area contributed by atoms with Gasteiger partial charge in [0.15, 0.2) is 5.75 Å². The van der Waals surface area contributed by atoms with Crippen LogP contribution in [0.15, 0.2) is 30.3 Å². The second-order valence-corrected chi connectivity index (χ2v) is 8.45. The van der Waals surface area contributed by atoms with Crippen LogP contribution in [0.4, 0.5) is 4.39 Å². The van der Waals surface area contributed by atoms with Crippen LogP contribution in [0.2, 0.25) is 10.0 Å². The number of carboxylic acids is 1. The molecule has 148 valence electrons. The van der Waals surface area contributed by atoms with Crippen molar-refractivity contribution in [3.63, 3.8) is 0 Å². The van der Waals surface area contributed by atoms with Crippen LogP contribution < -0.4 is 10.5 Å². The van der Waals surface area contributed by atoms with Gasteiger partial charge in [-0.15, -0.1) is 0 Å². The number of carbonyl (C=O) groups excluding carboxylic acids is 1. The Morgan fingerprint density at radius 3 is 2.32 bits per heavy atom. The largest absolute Gasteiger partial charge is 0.494 e. The van der Waals surface area contributed by atoms with Crippen LogP contribution in [0.25, 0.3) is 0 Å². The van der Waals surface area contributed by atoms with Crippen molar-refractivity contribution in [3.8, 4) is 5.75 Å². The van der Waals surface area contributed by atoms with Crippen LogP contribution >= 0.6 is 46.4 Å². The molecule has 0 saturated heterocycles. The maximum atomic E-state index is 13.5. The molecular formula is C18H12Cl4FNO4. The van der Waals surface area contributed by atoms with Crippen molar-refractivity contribution < 1.29 is 23.8 Å². The molecule has 1 aliphatic carbocycles. The average Bonchev–Trinajstić information content (AvgIpc) is 3.14. The van der Waals surface area contributed by atoms with Gasteiger partial charge in [-0.2, -0.15) is 0 Å². The predicted molar refractivity (Wildman–Crippen MR) is 104 cm³/mol. The molecule has 1 aliphatic rings. The first kappa shape index (κ1) is 21.0. The van der Waals surface area contributed by atoms with Crippen molar-refractivity contribution >= 4 is 58.3 Å². The molecule has 10 heteroatoms. The smallest absolute Gasteiger partial charge is 0.339 e. The molecule has 0 aromatic heterocycles. The summed E-state index contributed by atoms with van der Waals surface area (Å²) in [5.41, 5.74) is 4.10. The van der Waals surface area contributed by atoms with E-state index in [1.54, 1.807) is 0 Å². The number of halogens is 5. The Kier molecular flexibility index (Phi) is 5.21. The second-order valence-electron chi connectivity index (χ2n) is 6.25. The van der Waals surface area contributed by atoms with E-state index >= 15 is 0 Å². The minimum absolute atomic E-state index is 0.0649. The van der Waals surface area contributed by atoms with E-state index in [9.17, 15) is 19.1 Å². The molecule has 2 aromatic rings. The summed E-state index contributed by atoms with van der Waals surface area (Å²) in [5.74, 6) is -3.90. The Bertz CT molecular complexity index is 1010. The summed E-state index contributed by atoms with van der Waals surface area (Å²) in [4.78, 5) is 24.1. The standard InChI is InChI=1S/C18H12Cl4FNO4/c1-28-13-9(15(25)26)5-8(6-11(13)20)17(16(24)27)14(18(17,21)22)7-2-3-12(23)10(19)4-7/h2-6,14H,1H3,(H2,24,27)(H,25,26). The highest BCUT2D eigenvalue weighted by Gasteiger charge is 2.81. The van der Waals surface area contributed by atoms with Crippen molar-refractivity contribution in [1.82, 2.24) is 0 Å². The third kappa shape index (κ3) is 2.82. The number of hydrogen-bond donors (Lipinski definition) is 2. The molecule has 5 nitrogen and oxygen atoms in total. The normalized spacial score (nSPS) is 22.6. The van der Waals surface area contributed by atoms with E-state index in [0.717, 1.165) is 6.07 Å². The first-order chi connectivity index (χ1) is 13.0. The molecule has 1 fully saturated rings. The molecule has 1 saturated carbocycles. The molecule has 2 aromatic carbocycles. The third-order valence-electron chi connectivity index (χ3n) is 4.84. The van der Waals surface area contributed by atoms with E-state index in [2.05, 4.69) is 0 Å². The highest BCUT2D eigenvalue weighted by atomic mass is 35.5. The molecule has 0 aliphatic heterocycles. The van der Waals surface area contributed by atoms with Gasteiger partial charge in [-0.25, -0.2) is 9.18 Å². The van der Waals surface area contributed by atoms with Gasteiger partial charge in [-0.05, 0) is 35.4 Å². The van der Waals surface area contributed by atoms with Gasteiger partial charge in [0, 0.05) is 5.92 Å². The van der Waals surface area contributed by atoms with Crippen molar-refractivity contribution in [2.75, 3.05) is 7.11 Å². The van der Waals surface area contributed by atoms with Crippen LogP contribution in [0.1, 0.15) is 27.4 Å². The quantitative estimate of drug-likeness (QED) is 0.633. The van der Waals surface area contributed by atoms with Gasteiger partial charge in [0.1, 0.15) is 21.1 Å². The lowest BCUT2D eigenvalue weighted by molar-refractivity contribution is -0.120. The Morgan fingerprint density at radius 2 is 1.82 bits per heavy atom. The summed E-state index contributed by atoms with van der Waals surface area (Å²) in [6, 6.07) is 6.27. The van der Waals surface area contributed by atoms with Crippen LogP contribution in [-0.4, -0.2) is 28.4 Å². The fourth-order valence-electron chi connectivity index (χ4n) is 3.55. The fourth-order valence-corrected chi connectivity index (χ4v) is 5.13. The number of carboxylic acid groups (broad SMARTS) is 1. The minimum atomic E-state index is -1.74. The number of carbonyl (C=O) groups is 2. The molecule has 2 unspecified atom stereocenters. The minimum Gasteiger partial charge on any atom is -0.494 e. The van der Waals surface area contributed by atoms with E-state index in [1.807, 2.05) is 0 Å². The second kappa shape index (κ2) is 6.95. The van der Waals surface area contributed by atoms with Gasteiger partial charge in [0.2, 0.25) is 5.91 Å². The van der Waals surface area contributed by atoms with Gasteiger partial charge in [-0.3, -0.25) is 4.79 Å². The number of nitrogens with two attached hydrogens (primary N) is 1. The molecule has 3 N–H and O–H groups in total. The molecule has 2 atom stereocenters. The monoisotopic (exact) mass is 465 g/mol. The SMILES string of the molecule is COc1c(Cl)cc(C2(C(N)=O)C(c3ccc(F)c(Cl)c3)C2(Cl)Cl)cc1C(=O)O. The first-order valence-corrected chi connectivity index (χ1v) is 9.25. The van der Waals surface area contributed by atoms with Crippen LogP contribution in [0.3, 0.4) is 0 Å². The highest BCUT2D eigenvalue weighted by Crippen LogP contribution is 2.74. The van der Waals surface area contributed by atoms with Crippen LogP contribution in [0.5, 0.6) is 5.75 Å². The summed E-state index contributed by atoms with van der Waals surface area (Å²) < 4.78 is 16.8. The van der Waals surface area contributed by atoms with Crippen molar-refractivity contribution in [1.29, 1.82) is 0 Å². The first-order valence-electron chi connectivity index (χ1n) is 7.74. The van der Waals surface area contributed by atoms with E-state index in [4.69, 9.17) is 56.9 Å². The number of hydrogen-bond acceptors (Lipinski definition) is 3. The lowest BCUT2D eigenvalue weighted by Gasteiger charge is -2.18. The number of ether oxygens (including phenoxy) is 1. The van der Waals surface area contributed by atoms with Gasteiger partial charge in [-0.1, -0.05) is 52.5 Å². The fraction of sp³-hybridized carbons (Fsp3) is 0.222. The van der Waals surface area contributed by atoms with Gasteiger partial charge < -0.3 is 15.6 Å². The summed E-state index contributed by atoms with van der Waals surface area (Å²) in [7, 11) is 1.25. The number of amides is 1. The predicted octanol–water partition coefficient (Wildman–Crippen LogP) is 4.53. The van der Waals surface area contributed by atoms with Gasteiger partial charge in [0.05, 0.1) is 17.2 Å². The molecular weight excluding hydrogens is 455 g/mol. The number of rotatable bonds is 5. The van der Waals surface area contributed by atoms with Crippen molar-refractivity contribution in [2.45, 2.75) is 15.7 Å². The van der Waals surface area contributed by atoms with Gasteiger partial charge >= 0.3 is 5.97 Å². The number of aromatic carboxylic acids is 1. The number of benzene rings is 2. The summed E-state index contributed by atoms with van der Waals surface area (Å²) in [6.45, 7) is 0. The molecule has 0 bridgehead atoms. The zero-order valence-corrected chi connectivity index (χ0v) is 17.1. The van der Waals surface area contributed by atoms with E-state index in [0.29, 0.717) is 5.56 Å². The van der Waals surface area contributed by atoms with E-state index in [1.165, 1.54) is 31.4 Å². The lowest BCUT2D eigenvalue weighted by Crippen LogP contribution is -2.34. The maximum absolute atomic E-state index is 13.5. The zero-order valence-electron chi connectivity index (χ0n) is 14.1. The Hall–Kier alpha value is -1.73. The van der Waals surface area contributed by atoms with Crippen molar-refractivity contribution in [3.05, 3.63) is 62.9 Å². The van der Waals surface area contributed by atoms with Gasteiger partial charge in [0.25, 0.3) is 0 Å². The molecule has 1 amide bonds. The summed E-state index contributed by atoms with van der Waals surface area (Å²) >= 11 is 24.9.